The number of hydrogen-bond donors (Lipinski definition) is 1. The van der Waals surface area contributed by atoms with Gasteiger partial charge in [0.15, 0.2) is 6.10 Å². The van der Waals surface area contributed by atoms with Gasteiger partial charge < -0.3 is 15.0 Å². The fourth-order valence-corrected chi connectivity index (χ4v) is 3.71. The van der Waals surface area contributed by atoms with E-state index in [9.17, 15) is 4.79 Å². The van der Waals surface area contributed by atoms with Crippen molar-refractivity contribution in [3.8, 4) is 5.75 Å². The van der Waals surface area contributed by atoms with Crippen LogP contribution in [0.1, 0.15) is 45.2 Å². The van der Waals surface area contributed by atoms with Crippen LogP contribution in [0, 0.1) is 5.92 Å². The molecule has 1 fully saturated rings. The van der Waals surface area contributed by atoms with Crippen molar-refractivity contribution in [3.05, 3.63) is 59.1 Å². The number of amides is 1. The van der Waals surface area contributed by atoms with E-state index in [1.54, 1.807) is 31.2 Å². The second-order valence-electron chi connectivity index (χ2n) is 7.73. The van der Waals surface area contributed by atoms with Gasteiger partial charge in [0.2, 0.25) is 0 Å². The Hall–Kier alpha value is -2.20. The van der Waals surface area contributed by atoms with Crippen LogP contribution >= 0.6 is 11.6 Å². The predicted molar refractivity (Wildman–Crippen MR) is 115 cm³/mol. The van der Waals surface area contributed by atoms with Crippen molar-refractivity contribution < 1.29 is 9.53 Å². The molecule has 4 nitrogen and oxygen atoms in total. The summed E-state index contributed by atoms with van der Waals surface area (Å²) in [6.45, 7) is 8.29. The van der Waals surface area contributed by atoms with Crippen LogP contribution in [0.2, 0.25) is 5.02 Å². The summed E-state index contributed by atoms with van der Waals surface area (Å²) < 4.78 is 5.70. The highest BCUT2D eigenvalue weighted by Crippen LogP contribution is 2.25. The van der Waals surface area contributed by atoms with E-state index in [1.807, 2.05) is 6.92 Å². The number of rotatable bonds is 6. The molecule has 28 heavy (non-hydrogen) atoms. The first-order chi connectivity index (χ1) is 13.4. The van der Waals surface area contributed by atoms with Gasteiger partial charge in [-0.15, -0.1) is 0 Å². The van der Waals surface area contributed by atoms with Crippen LogP contribution in [0.25, 0.3) is 0 Å². The Kier molecular flexibility index (Phi) is 6.84. The topological polar surface area (TPSA) is 41.6 Å². The van der Waals surface area contributed by atoms with E-state index in [0.29, 0.717) is 10.8 Å². The maximum Gasteiger partial charge on any atom is 0.261 e. The summed E-state index contributed by atoms with van der Waals surface area (Å²) in [7, 11) is 0. The lowest BCUT2D eigenvalue weighted by Crippen LogP contribution is -2.37. The van der Waals surface area contributed by atoms with Gasteiger partial charge >= 0.3 is 0 Å². The van der Waals surface area contributed by atoms with Gasteiger partial charge in [0, 0.05) is 23.8 Å². The molecular formula is C23H29ClN2O2. The highest BCUT2D eigenvalue weighted by atomic mass is 35.5. The molecule has 2 aromatic carbocycles. The summed E-state index contributed by atoms with van der Waals surface area (Å²) in [5.41, 5.74) is 2.34. The lowest BCUT2D eigenvalue weighted by Gasteiger charge is -2.33. The van der Waals surface area contributed by atoms with Crippen LogP contribution in [-0.2, 0) is 4.79 Å². The zero-order valence-electron chi connectivity index (χ0n) is 16.8. The number of halogens is 1. The summed E-state index contributed by atoms with van der Waals surface area (Å²) >= 11 is 5.88. The van der Waals surface area contributed by atoms with Crippen LogP contribution < -0.4 is 15.0 Å². The van der Waals surface area contributed by atoms with Crippen molar-refractivity contribution in [1.29, 1.82) is 0 Å². The molecule has 0 unspecified atom stereocenters. The standard InChI is InChI=1S/C23H29ClN2O2/c1-16-5-4-14-26(15-16)21-10-6-19(7-11-21)17(2)25-23(27)18(3)28-22-12-8-20(24)9-13-22/h6-13,16-18H,4-5,14-15H2,1-3H3,(H,25,27)/t16-,17+,18-/m1/s1. The molecule has 3 rings (SSSR count). The van der Waals surface area contributed by atoms with Gasteiger partial charge in [-0.3, -0.25) is 4.79 Å². The van der Waals surface area contributed by atoms with E-state index in [4.69, 9.17) is 16.3 Å². The van der Waals surface area contributed by atoms with Crippen molar-refractivity contribution in [2.75, 3.05) is 18.0 Å². The molecule has 1 saturated heterocycles. The van der Waals surface area contributed by atoms with Crippen molar-refractivity contribution in [2.45, 2.75) is 45.8 Å². The Bertz CT molecular complexity index is 776. The van der Waals surface area contributed by atoms with Crippen molar-refractivity contribution in [3.63, 3.8) is 0 Å². The first-order valence-electron chi connectivity index (χ1n) is 10.00. The second kappa shape index (κ2) is 9.33. The fraction of sp³-hybridized carbons (Fsp3) is 0.435. The maximum absolute atomic E-state index is 12.5. The first kappa shape index (κ1) is 20.5. The summed E-state index contributed by atoms with van der Waals surface area (Å²) in [6, 6.07) is 15.4. The number of benzene rings is 2. The maximum atomic E-state index is 12.5. The van der Waals surface area contributed by atoms with Crippen LogP contribution in [-0.4, -0.2) is 25.1 Å². The Labute approximate surface area is 172 Å². The van der Waals surface area contributed by atoms with Crippen LogP contribution in [0.4, 0.5) is 5.69 Å². The molecule has 1 heterocycles. The van der Waals surface area contributed by atoms with Crippen LogP contribution in [0.15, 0.2) is 48.5 Å². The summed E-state index contributed by atoms with van der Waals surface area (Å²) in [5, 5.41) is 3.67. The number of nitrogens with one attached hydrogen (secondary N) is 1. The van der Waals surface area contributed by atoms with E-state index in [0.717, 1.165) is 24.6 Å². The number of carbonyl (C=O) groups excluding carboxylic acids is 1. The number of hydrogen-bond acceptors (Lipinski definition) is 3. The lowest BCUT2D eigenvalue weighted by atomic mass is 9.99. The smallest absolute Gasteiger partial charge is 0.261 e. The Balaban J connectivity index is 1.55. The Morgan fingerprint density at radius 2 is 1.82 bits per heavy atom. The minimum Gasteiger partial charge on any atom is -0.481 e. The Morgan fingerprint density at radius 1 is 1.14 bits per heavy atom. The van der Waals surface area contributed by atoms with Crippen molar-refractivity contribution in [2.24, 2.45) is 5.92 Å². The van der Waals surface area contributed by atoms with E-state index < -0.39 is 6.10 Å². The third kappa shape index (κ3) is 5.41. The number of ether oxygens (including phenoxy) is 1. The molecule has 2 aromatic rings. The van der Waals surface area contributed by atoms with E-state index in [2.05, 4.69) is 41.4 Å². The molecule has 0 bridgehead atoms. The van der Waals surface area contributed by atoms with Gasteiger partial charge in [0.1, 0.15) is 5.75 Å². The Morgan fingerprint density at radius 3 is 2.46 bits per heavy atom. The average Bonchev–Trinajstić information content (AvgIpc) is 2.69. The molecule has 0 radical (unpaired) electrons. The van der Waals surface area contributed by atoms with Gasteiger partial charge in [0.05, 0.1) is 6.04 Å². The van der Waals surface area contributed by atoms with Gasteiger partial charge in [-0.05, 0) is 74.6 Å². The van der Waals surface area contributed by atoms with Gasteiger partial charge in [-0.2, -0.15) is 0 Å². The first-order valence-corrected chi connectivity index (χ1v) is 10.4. The third-order valence-corrected chi connectivity index (χ3v) is 5.52. The fourth-order valence-electron chi connectivity index (χ4n) is 3.58. The molecule has 1 amide bonds. The van der Waals surface area contributed by atoms with Gasteiger partial charge in [0.25, 0.3) is 5.91 Å². The SMILES string of the molecule is C[C@@H]1CCCN(c2ccc([C@H](C)NC(=O)[C@@H](C)Oc3ccc(Cl)cc3)cc2)C1. The molecule has 0 saturated carbocycles. The molecule has 0 aliphatic carbocycles. The molecular weight excluding hydrogens is 372 g/mol. The molecule has 1 aliphatic rings. The van der Waals surface area contributed by atoms with Crippen LogP contribution in [0.3, 0.4) is 0 Å². The van der Waals surface area contributed by atoms with Gasteiger partial charge in [-0.25, -0.2) is 0 Å². The quantitative estimate of drug-likeness (QED) is 0.722. The van der Waals surface area contributed by atoms with Crippen LogP contribution in [0.5, 0.6) is 5.75 Å². The zero-order valence-corrected chi connectivity index (χ0v) is 17.6. The minimum atomic E-state index is -0.585. The molecule has 1 N–H and O–H groups in total. The molecule has 0 spiro atoms. The molecule has 150 valence electrons. The molecule has 0 aromatic heterocycles. The van der Waals surface area contributed by atoms with E-state index >= 15 is 0 Å². The lowest BCUT2D eigenvalue weighted by molar-refractivity contribution is -0.127. The highest BCUT2D eigenvalue weighted by molar-refractivity contribution is 6.30. The zero-order chi connectivity index (χ0) is 20.1. The summed E-state index contributed by atoms with van der Waals surface area (Å²) in [5.74, 6) is 1.23. The predicted octanol–water partition coefficient (Wildman–Crippen LogP) is 5.22. The number of carbonyl (C=O) groups is 1. The molecule has 1 aliphatic heterocycles. The number of anilines is 1. The normalized spacial score (nSPS) is 19.0. The summed E-state index contributed by atoms with van der Waals surface area (Å²) in [6.07, 6.45) is 1.98. The minimum absolute atomic E-state index is 0.0851. The monoisotopic (exact) mass is 400 g/mol. The third-order valence-electron chi connectivity index (χ3n) is 5.27. The van der Waals surface area contributed by atoms with Crippen molar-refractivity contribution >= 4 is 23.2 Å². The molecule has 3 atom stereocenters. The molecule has 5 heteroatoms. The number of piperidine rings is 1. The van der Waals surface area contributed by atoms with E-state index in [-0.39, 0.29) is 11.9 Å². The van der Waals surface area contributed by atoms with Crippen molar-refractivity contribution in [1.82, 2.24) is 5.32 Å². The van der Waals surface area contributed by atoms with Gasteiger partial charge in [-0.1, -0.05) is 30.7 Å². The second-order valence-corrected chi connectivity index (χ2v) is 8.17. The largest absolute Gasteiger partial charge is 0.481 e. The highest BCUT2D eigenvalue weighted by Gasteiger charge is 2.19. The number of nitrogens with zero attached hydrogens (tertiary/aromatic N) is 1. The summed E-state index contributed by atoms with van der Waals surface area (Å²) in [4.78, 5) is 14.9. The van der Waals surface area contributed by atoms with E-state index in [1.165, 1.54) is 18.5 Å². The average molecular weight is 401 g/mol.